The van der Waals surface area contributed by atoms with E-state index in [1.165, 1.54) is 6.07 Å². The lowest BCUT2D eigenvalue weighted by molar-refractivity contribution is 0.631. The summed E-state index contributed by atoms with van der Waals surface area (Å²) in [5.74, 6) is 0.0582. The molecule has 3 N–H and O–H groups in total. The maximum absolute atomic E-state index is 14.6. The SMILES string of the molecule is C=C(Nc1cncc(-c2cc3c(-c4cc5c(-c6ccccc6F)cccc5[nH]4)n[nH]c3cn2)c1)C(C)C. The van der Waals surface area contributed by atoms with Crippen LogP contribution in [-0.4, -0.2) is 25.1 Å². The van der Waals surface area contributed by atoms with Gasteiger partial charge in [0.1, 0.15) is 11.5 Å². The summed E-state index contributed by atoms with van der Waals surface area (Å²) < 4.78 is 14.6. The molecule has 0 fully saturated rings. The largest absolute Gasteiger partial charge is 0.358 e. The number of nitrogens with one attached hydrogen (secondary N) is 3. The summed E-state index contributed by atoms with van der Waals surface area (Å²) in [4.78, 5) is 12.5. The van der Waals surface area contributed by atoms with E-state index >= 15 is 0 Å². The maximum atomic E-state index is 14.6. The van der Waals surface area contributed by atoms with E-state index < -0.39 is 0 Å². The first-order valence-corrected chi connectivity index (χ1v) is 12.1. The molecular weight excluding hydrogens is 463 g/mol. The van der Waals surface area contributed by atoms with E-state index in [9.17, 15) is 4.39 Å². The minimum Gasteiger partial charge on any atom is -0.358 e. The highest BCUT2D eigenvalue weighted by Crippen LogP contribution is 2.35. The average Bonchev–Trinajstić information content (AvgIpc) is 3.53. The fourth-order valence-electron chi connectivity index (χ4n) is 4.46. The third-order valence-electron chi connectivity index (χ3n) is 6.57. The van der Waals surface area contributed by atoms with Gasteiger partial charge < -0.3 is 10.3 Å². The molecule has 0 amide bonds. The Labute approximate surface area is 213 Å². The summed E-state index contributed by atoms with van der Waals surface area (Å²) in [6.07, 6.45) is 5.35. The van der Waals surface area contributed by atoms with Crippen molar-refractivity contribution >= 4 is 27.5 Å². The number of benzene rings is 2. The number of allylic oxidation sites excluding steroid dienone is 1. The molecule has 6 nitrogen and oxygen atoms in total. The number of aromatic amines is 2. The minimum absolute atomic E-state index is 0.249. The van der Waals surface area contributed by atoms with Crippen LogP contribution in [0.25, 0.3) is 55.6 Å². The molecule has 0 aliphatic carbocycles. The molecule has 0 atom stereocenters. The van der Waals surface area contributed by atoms with Crippen LogP contribution in [0.3, 0.4) is 0 Å². The molecule has 6 aromatic rings. The lowest BCUT2D eigenvalue weighted by atomic mass is 10.0. The summed E-state index contributed by atoms with van der Waals surface area (Å²) in [6, 6.07) is 18.7. The maximum Gasteiger partial charge on any atom is 0.131 e. The zero-order chi connectivity index (χ0) is 25.5. The smallest absolute Gasteiger partial charge is 0.131 e. The highest BCUT2D eigenvalue weighted by Gasteiger charge is 2.16. The quantitative estimate of drug-likeness (QED) is 0.226. The van der Waals surface area contributed by atoms with Gasteiger partial charge in [-0.15, -0.1) is 0 Å². The second kappa shape index (κ2) is 9.02. The first-order valence-electron chi connectivity index (χ1n) is 12.1. The standard InChI is InChI=1S/C30H25FN6/c1-17(2)18(3)34-20-11-19(14-32-15-20)27-13-24-29(16-33-27)36-37-30(24)28-12-23-21(8-6-10-26(23)35-28)22-7-4-5-9-25(22)31/h4-17,34-35H,3H2,1-2H3,(H,36,37). The lowest BCUT2D eigenvalue weighted by Gasteiger charge is -2.13. The van der Waals surface area contributed by atoms with E-state index in [4.69, 9.17) is 0 Å². The third kappa shape index (κ3) is 4.14. The number of pyridine rings is 2. The Kier molecular flexibility index (Phi) is 5.53. The number of rotatable bonds is 6. The zero-order valence-electron chi connectivity index (χ0n) is 20.5. The molecule has 0 saturated carbocycles. The van der Waals surface area contributed by atoms with E-state index in [2.05, 4.69) is 50.9 Å². The van der Waals surface area contributed by atoms with Crippen molar-refractivity contribution in [2.75, 3.05) is 5.32 Å². The lowest BCUT2D eigenvalue weighted by Crippen LogP contribution is -2.04. The van der Waals surface area contributed by atoms with Crippen molar-refractivity contribution in [3.8, 4) is 33.8 Å². The van der Waals surface area contributed by atoms with Gasteiger partial charge in [0.2, 0.25) is 0 Å². The van der Waals surface area contributed by atoms with Gasteiger partial charge in [-0.25, -0.2) is 4.39 Å². The number of hydrogen-bond donors (Lipinski definition) is 3. The van der Waals surface area contributed by atoms with E-state index in [0.717, 1.165) is 61.4 Å². The molecule has 0 radical (unpaired) electrons. The van der Waals surface area contributed by atoms with Crippen LogP contribution in [0.1, 0.15) is 13.8 Å². The van der Waals surface area contributed by atoms with Gasteiger partial charge in [0.05, 0.1) is 35.0 Å². The Morgan fingerprint density at radius 3 is 2.59 bits per heavy atom. The predicted molar refractivity (Wildman–Crippen MR) is 147 cm³/mol. The molecule has 4 aromatic heterocycles. The molecule has 37 heavy (non-hydrogen) atoms. The summed E-state index contributed by atoms with van der Waals surface area (Å²) >= 11 is 0. The topological polar surface area (TPSA) is 82.3 Å². The Bertz CT molecular complexity index is 1780. The number of anilines is 1. The Balaban J connectivity index is 1.42. The van der Waals surface area contributed by atoms with E-state index in [0.29, 0.717) is 11.5 Å². The van der Waals surface area contributed by atoms with Gasteiger partial charge in [-0.05, 0) is 41.8 Å². The minimum atomic E-state index is -0.249. The zero-order valence-corrected chi connectivity index (χ0v) is 20.5. The van der Waals surface area contributed by atoms with Crippen molar-refractivity contribution in [3.05, 3.63) is 97.3 Å². The number of nitrogens with zero attached hydrogens (tertiary/aromatic N) is 3. The molecule has 0 spiro atoms. The second-order valence-electron chi connectivity index (χ2n) is 9.38. The molecule has 6 rings (SSSR count). The molecule has 2 aromatic carbocycles. The van der Waals surface area contributed by atoms with Crippen LogP contribution >= 0.6 is 0 Å². The van der Waals surface area contributed by atoms with Crippen molar-refractivity contribution in [2.45, 2.75) is 13.8 Å². The Hall–Kier alpha value is -4.78. The van der Waals surface area contributed by atoms with Gasteiger partial charge in [0.25, 0.3) is 0 Å². The summed E-state index contributed by atoms with van der Waals surface area (Å²) in [7, 11) is 0. The van der Waals surface area contributed by atoms with Crippen molar-refractivity contribution in [2.24, 2.45) is 5.92 Å². The first kappa shape index (κ1) is 22.7. The van der Waals surface area contributed by atoms with Crippen molar-refractivity contribution in [1.29, 1.82) is 0 Å². The molecule has 0 saturated heterocycles. The molecule has 0 bridgehead atoms. The van der Waals surface area contributed by atoms with E-state index in [1.54, 1.807) is 30.7 Å². The van der Waals surface area contributed by atoms with Crippen LogP contribution in [0.5, 0.6) is 0 Å². The van der Waals surface area contributed by atoms with Crippen LogP contribution in [0.15, 0.2) is 91.5 Å². The van der Waals surface area contributed by atoms with Gasteiger partial charge >= 0.3 is 0 Å². The summed E-state index contributed by atoms with van der Waals surface area (Å²) in [6.45, 7) is 8.27. The number of halogens is 1. The fraction of sp³-hybridized carbons (Fsp3) is 0.100. The predicted octanol–water partition coefficient (Wildman–Crippen LogP) is 7.56. The molecule has 182 valence electrons. The van der Waals surface area contributed by atoms with Gasteiger partial charge in [-0.1, -0.05) is 50.8 Å². The van der Waals surface area contributed by atoms with Crippen molar-refractivity contribution in [1.82, 2.24) is 25.1 Å². The van der Waals surface area contributed by atoms with E-state index in [1.807, 2.05) is 42.5 Å². The van der Waals surface area contributed by atoms with Crippen molar-refractivity contribution < 1.29 is 4.39 Å². The monoisotopic (exact) mass is 488 g/mol. The van der Waals surface area contributed by atoms with Gasteiger partial charge in [-0.2, -0.15) is 5.10 Å². The van der Waals surface area contributed by atoms with Crippen LogP contribution < -0.4 is 5.32 Å². The summed E-state index contributed by atoms with van der Waals surface area (Å²) in [5.41, 5.74) is 8.19. The molecule has 0 aliphatic heterocycles. The second-order valence-corrected chi connectivity index (χ2v) is 9.38. The van der Waals surface area contributed by atoms with E-state index in [-0.39, 0.29) is 5.82 Å². The number of hydrogen-bond acceptors (Lipinski definition) is 4. The van der Waals surface area contributed by atoms with Gasteiger partial charge in [0, 0.05) is 39.3 Å². The fourth-order valence-corrected chi connectivity index (χ4v) is 4.46. The molecule has 0 unspecified atom stereocenters. The Morgan fingerprint density at radius 1 is 0.919 bits per heavy atom. The third-order valence-corrected chi connectivity index (χ3v) is 6.57. The average molecular weight is 489 g/mol. The highest BCUT2D eigenvalue weighted by atomic mass is 19.1. The van der Waals surface area contributed by atoms with Crippen LogP contribution in [0, 0.1) is 11.7 Å². The Morgan fingerprint density at radius 2 is 1.76 bits per heavy atom. The molecule has 4 heterocycles. The highest BCUT2D eigenvalue weighted by molar-refractivity contribution is 6.01. The molecule has 7 heteroatoms. The number of aromatic nitrogens is 5. The van der Waals surface area contributed by atoms with Crippen LogP contribution in [0.2, 0.25) is 0 Å². The van der Waals surface area contributed by atoms with Crippen molar-refractivity contribution in [3.63, 3.8) is 0 Å². The first-order chi connectivity index (χ1) is 18.0. The number of fused-ring (bicyclic) bond motifs is 2. The van der Waals surface area contributed by atoms with Gasteiger partial charge in [0.15, 0.2) is 0 Å². The van der Waals surface area contributed by atoms with Gasteiger partial charge in [-0.3, -0.25) is 15.1 Å². The molecule has 0 aliphatic rings. The van der Waals surface area contributed by atoms with Crippen LogP contribution in [0.4, 0.5) is 10.1 Å². The molecular formula is C30H25FN6. The summed E-state index contributed by atoms with van der Waals surface area (Å²) in [5, 5.41) is 12.8. The van der Waals surface area contributed by atoms with Crippen LogP contribution in [-0.2, 0) is 0 Å². The number of H-pyrrole nitrogens is 2. The normalized spacial score (nSPS) is 11.5.